The van der Waals surface area contributed by atoms with Gasteiger partial charge >= 0.3 is 5.97 Å². The molecular weight excluding hydrogens is 240 g/mol. The van der Waals surface area contributed by atoms with Crippen molar-refractivity contribution in [1.82, 2.24) is 4.90 Å². The van der Waals surface area contributed by atoms with Crippen LogP contribution in [-0.4, -0.2) is 47.7 Å². The summed E-state index contributed by atoms with van der Waals surface area (Å²) in [6.07, 6.45) is 0. The number of rotatable bonds is 4. The molecule has 1 unspecified atom stereocenters. The number of amides is 1. The maximum absolute atomic E-state index is 11.2. The van der Waals surface area contributed by atoms with Gasteiger partial charge < -0.3 is 20.0 Å². The summed E-state index contributed by atoms with van der Waals surface area (Å²) in [6.45, 7) is 1.65. The molecule has 0 spiro atoms. The molecule has 0 aliphatic carbocycles. The number of carbonyl (C=O) groups is 2. The van der Waals surface area contributed by atoms with E-state index >= 15 is 0 Å². The number of nitrogens with zero attached hydrogens (tertiary/aromatic N) is 1. The minimum atomic E-state index is -1.12. The minimum absolute atomic E-state index is 0.117. The predicted octanol–water partition coefficient (Wildman–Crippen LogP) is -0.336. The van der Waals surface area contributed by atoms with Gasteiger partial charge in [0.15, 0.2) is 0 Å². The second-order valence-electron chi connectivity index (χ2n) is 4.03. The number of carbonyl (C=O) groups excluding carboxylic acids is 1. The van der Waals surface area contributed by atoms with Gasteiger partial charge in [-0.3, -0.25) is 9.69 Å². The molecule has 7 nitrogen and oxygen atoms in total. The Balaban J connectivity index is 2.06. The first-order valence-corrected chi connectivity index (χ1v) is 5.51. The van der Waals surface area contributed by atoms with Gasteiger partial charge in [-0.1, -0.05) is 0 Å². The van der Waals surface area contributed by atoms with E-state index in [9.17, 15) is 9.59 Å². The highest BCUT2D eigenvalue weighted by atomic mass is 16.5. The fraction of sp³-hybridized carbons (Fsp3) is 0.455. The molecule has 0 aromatic carbocycles. The van der Waals surface area contributed by atoms with Gasteiger partial charge in [0.25, 0.3) is 0 Å². The smallest absolute Gasteiger partial charge is 0.371 e. The van der Waals surface area contributed by atoms with Crippen LogP contribution in [0.1, 0.15) is 16.3 Å². The summed E-state index contributed by atoms with van der Waals surface area (Å²) in [5.41, 5.74) is 5.28. The monoisotopic (exact) mass is 254 g/mol. The highest BCUT2D eigenvalue weighted by Crippen LogP contribution is 2.15. The molecule has 18 heavy (non-hydrogen) atoms. The molecule has 1 aliphatic heterocycles. The highest BCUT2D eigenvalue weighted by Gasteiger charge is 2.28. The van der Waals surface area contributed by atoms with Crippen LogP contribution in [0.15, 0.2) is 16.5 Å². The van der Waals surface area contributed by atoms with Gasteiger partial charge in [0, 0.05) is 6.54 Å². The average Bonchev–Trinajstić information content (AvgIpc) is 2.78. The summed E-state index contributed by atoms with van der Waals surface area (Å²) in [7, 11) is 0. The molecule has 1 fully saturated rings. The maximum atomic E-state index is 11.2. The Hall–Kier alpha value is -1.86. The predicted molar refractivity (Wildman–Crippen MR) is 59.9 cm³/mol. The van der Waals surface area contributed by atoms with Crippen molar-refractivity contribution < 1.29 is 23.8 Å². The Morgan fingerprint density at radius 2 is 2.28 bits per heavy atom. The Kier molecular flexibility index (Phi) is 3.63. The van der Waals surface area contributed by atoms with Gasteiger partial charge in [-0.15, -0.1) is 0 Å². The summed E-state index contributed by atoms with van der Waals surface area (Å²) in [5, 5.41) is 8.74. The third kappa shape index (κ3) is 2.69. The Bertz CT molecular complexity index is 456. The number of furan rings is 1. The van der Waals surface area contributed by atoms with Crippen molar-refractivity contribution in [3.05, 3.63) is 23.7 Å². The molecule has 0 radical (unpaired) electrons. The van der Waals surface area contributed by atoms with Crippen LogP contribution in [0.3, 0.4) is 0 Å². The number of primary amides is 1. The van der Waals surface area contributed by atoms with Crippen molar-refractivity contribution in [3.63, 3.8) is 0 Å². The van der Waals surface area contributed by atoms with E-state index in [1.54, 1.807) is 6.07 Å². The van der Waals surface area contributed by atoms with Crippen LogP contribution < -0.4 is 5.73 Å². The molecule has 1 aromatic heterocycles. The molecule has 98 valence electrons. The maximum Gasteiger partial charge on any atom is 0.371 e. The number of aromatic carboxylic acids is 1. The first-order chi connectivity index (χ1) is 8.58. The van der Waals surface area contributed by atoms with E-state index in [-0.39, 0.29) is 12.4 Å². The number of hydrogen-bond acceptors (Lipinski definition) is 5. The lowest BCUT2D eigenvalue weighted by atomic mass is 10.2. The Morgan fingerprint density at radius 1 is 1.50 bits per heavy atom. The second-order valence-corrected chi connectivity index (χ2v) is 4.03. The van der Waals surface area contributed by atoms with Crippen LogP contribution in [-0.2, 0) is 16.1 Å². The van der Waals surface area contributed by atoms with Crippen molar-refractivity contribution >= 4 is 11.9 Å². The lowest BCUT2D eigenvalue weighted by Crippen LogP contribution is -2.51. The standard InChI is InChI=1S/C11H14N2O5/c12-10(14)8-6-17-4-3-13(8)5-7-1-2-9(18-7)11(15)16/h1-2,8H,3-6H2,(H2,12,14)(H,15,16). The number of carboxylic acids is 1. The molecule has 3 N–H and O–H groups in total. The molecule has 1 atom stereocenters. The van der Waals surface area contributed by atoms with Gasteiger partial charge in [0.1, 0.15) is 11.8 Å². The van der Waals surface area contributed by atoms with Crippen LogP contribution in [0.2, 0.25) is 0 Å². The Labute approximate surface area is 103 Å². The molecule has 2 heterocycles. The van der Waals surface area contributed by atoms with Crippen LogP contribution >= 0.6 is 0 Å². The lowest BCUT2D eigenvalue weighted by molar-refractivity contribution is -0.129. The molecule has 0 saturated carbocycles. The quantitative estimate of drug-likeness (QED) is 0.761. The largest absolute Gasteiger partial charge is 0.475 e. The number of hydrogen-bond donors (Lipinski definition) is 2. The van der Waals surface area contributed by atoms with E-state index < -0.39 is 17.9 Å². The first-order valence-electron chi connectivity index (χ1n) is 5.51. The van der Waals surface area contributed by atoms with Crippen molar-refractivity contribution in [2.24, 2.45) is 5.73 Å². The van der Waals surface area contributed by atoms with Gasteiger partial charge in [-0.2, -0.15) is 0 Å². The third-order valence-electron chi connectivity index (χ3n) is 2.80. The highest BCUT2D eigenvalue weighted by molar-refractivity contribution is 5.84. The summed E-state index contributed by atoms with van der Waals surface area (Å²) < 4.78 is 10.3. The molecular formula is C11H14N2O5. The van der Waals surface area contributed by atoms with E-state index in [1.807, 2.05) is 4.90 Å². The Morgan fingerprint density at radius 3 is 2.89 bits per heavy atom. The van der Waals surface area contributed by atoms with E-state index in [4.69, 9.17) is 20.0 Å². The fourth-order valence-electron chi connectivity index (χ4n) is 1.87. The molecule has 1 saturated heterocycles. The first kappa shape index (κ1) is 12.6. The molecule has 1 amide bonds. The minimum Gasteiger partial charge on any atom is -0.475 e. The van der Waals surface area contributed by atoms with Crippen molar-refractivity contribution in [2.75, 3.05) is 19.8 Å². The average molecular weight is 254 g/mol. The van der Waals surface area contributed by atoms with E-state index in [1.165, 1.54) is 6.07 Å². The summed E-state index contributed by atoms with van der Waals surface area (Å²) in [5.74, 6) is -1.20. The van der Waals surface area contributed by atoms with Gasteiger partial charge in [-0.05, 0) is 12.1 Å². The summed E-state index contributed by atoms with van der Waals surface area (Å²) >= 11 is 0. The molecule has 1 aliphatic rings. The van der Waals surface area contributed by atoms with Gasteiger partial charge in [0.05, 0.1) is 19.8 Å². The topological polar surface area (TPSA) is 106 Å². The van der Waals surface area contributed by atoms with Crippen molar-refractivity contribution in [3.8, 4) is 0 Å². The number of nitrogens with two attached hydrogens (primary N) is 1. The van der Waals surface area contributed by atoms with Crippen molar-refractivity contribution in [2.45, 2.75) is 12.6 Å². The molecule has 0 bridgehead atoms. The van der Waals surface area contributed by atoms with E-state index in [0.717, 1.165) is 0 Å². The number of morpholine rings is 1. The van der Waals surface area contributed by atoms with Crippen LogP contribution in [0.25, 0.3) is 0 Å². The lowest BCUT2D eigenvalue weighted by Gasteiger charge is -2.32. The van der Waals surface area contributed by atoms with E-state index in [2.05, 4.69) is 0 Å². The summed E-state index contributed by atoms with van der Waals surface area (Å²) in [4.78, 5) is 23.7. The van der Waals surface area contributed by atoms with E-state index in [0.29, 0.717) is 25.5 Å². The second kappa shape index (κ2) is 5.19. The zero-order valence-electron chi connectivity index (χ0n) is 9.67. The van der Waals surface area contributed by atoms with Gasteiger partial charge in [0.2, 0.25) is 11.7 Å². The number of ether oxygens (including phenoxy) is 1. The van der Waals surface area contributed by atoms with Gasteiger partial charge in [-0.25, -0.2) is 4.79 Å². The third-order valence-corrected chi connectivity index (χ3v) is 2.80. The SMILES string of the molecule is NC(=O)C1COCCN1Cc1ccc(C(=O)O)o1. The van der Waals surface area contributed by atoms with Crippen LogP contribution in [0.5, 0.6) is 0 Å². The molecule has 2 rings (SSSR count). The normalized spacial score (nSPS) is 20.8. The molecule has 1 aromatic rings. The van der Waals surface area contributed by atoms with Crippen LogP contribution in [0.4, 0.5) is 0 Å². The van der Waals surface area contributed by atoms with Crippen molar-refractivity contribution in [1.29, 1.82) is 0 Å². The van der Waals surface area contributed by atoms with Crippen LogP contribution in [0, 0.1) is 0 Å². The molecule has 7 heteroatoms. The zero-order valence-corrected chi connectivity index (χ0v) is 9.67. The number of carboxylic acid groups (broad SMARTS) is 1. The summed E-state index contributed by atoms with van der Waals surface area (Å²) in [6, 6.07) is 2.46. The fourth-order valence-corrected chi connectivity index (χ4v) is 1.87. The zero-order chi connectivity index (χ0) is 13.1.